The number of nitrogens with one attached hydrogen (secondary N) is 1. The number of piperidine rings is 1. The largest absolute Gasteiger partial charge is 0.490 e. The Morgan fingerprint density at radius 1 is 1.15 bits per heavy atom. The molecule has 112 valence electrons. The van der Waals surface area contributed by atoms with Gasteiger partial charge in [0.05, 0.1) is 6.61 Å². The fraction of sp³-hybridized carbons (Fsp3) is 0.625. The van der Waals surface area contributed by atoms with E-state index in [0.717, 1.165) is 18.0 Å². The number of hydrogen-bond donors (Lipinski definition) is 1. The first kappa shape index (κ1) is 15.1. The van der Waals surface area contributed by atoms with Crippen molar-refractivity contribution in [2.45, 2.75) is 25.8 Å². The van der Waals surface area contributed by atoms with E-state index in [0.29, 0.717) is 19.3 Å². The van der Waals surface area contributed by atoms with Gasteiger partial charge in [-0.25, -0.2) is 0 Å². The number of nitrogens with zero attached hydrogens (tertiary/aromatic N) is 1. The Morgan fingerprint density at radius 3 is 2.45 bits per heavy atom. The third-order valence-corrected chi connectivity index (χ3v) is 3.66. The zero-order chi connectivity index (χ0) is 14.2. The van der Waals surface area contributed by atoms with Gasteiger partial charge < -0.3 is 19.7 Å². The van der Waals surface area contributed by atoms with Gasteiger partial charge in [-0.05, 0) is 52.0 Å². The molecule has 1 aliphatic heterocycles. The lowest BCUT2D eigenvalue weighted by atomic mass is 10.1. The Balaban J connectivity index is 1.68. The molecule has 1 fully saturated rings. The molecule has 0 radical (unpaired) electrons. The lowest BCUT2D eigenvalue weighted by Gasteiger charge is -2.29. The molecule has 0 unspecified atom stereocenters. The fourth-order valence-corrected chi connectivity index (χ4v) is 2.48. The number of rotatable bonds is 7. The molecule has 1 aliphatic rings. The molecule has 1 aromatic rings. The monoisotopic (exact) mass is 278 g/mol. The highest BCUT2D eigenvalue weighted by Gasteiger charge is 2.15. The van der Waals surface area contributed by atoms with Gasteiger partial charge in [-0.1, -0.05) is 12.1 Å². The average Bonchev–Trinajstić information content (AvgIpc) is 2.47. The van der Waals surface area contributed by atoms with Crippen molar-refractivity contribution < 1.29 is 9.47 Å². The van der Waals surface area contributed by atoms with Crippen LogP contribution in [0.3, 0.4) is 0 Å². The third kappa shape index (κ3) is 4.69. The predicted octanol–water partition coefficient (Wildman–Crippen LogP) is 2.15. The minimum atomic E-state index is 0.636. The van der Waals surface area contributed by atoms with Crippen molar-refractivity contribution in [3.63, 3.8) is 0 Å². The Morgan fingerprint density at radius 2 is 1.80 bits per heavy atom. The normalized spacial score (nSPS) is 17.1. The molecule has 0 spiro atoms. The standard InChI is InChI=1S/C16H26N2O2/c1-3-19-15-6-4-5-7-16(15)20-13-10-17-14-8-11-18(2)12-9-14/h4-7,14,17H,3,8-13H2,1-2H3. The van der Waals surface area contributed by atoms with Crippen LogP contribution >= 0.6 is 0 Å². The molecule has 0 amide bonds. The smallest absolute Gasteiger partial charge is 0.161 e. The van der Waals surface area contributed by atoms with E-state index >= 15 is 0 Å². The van der Waals surface area contributed by atoms with E-state index < -0.39 is 0 Å². The summed E-state index contributed by atoms with van der Waals surface area (Å²) in [5.74, 6) is 1.66. The Bertz CT molecular complexity index is 390. The van der Waals surface area contributed by atoms with Crippen LogP contribution < -0.4 is 14.8 Å². The zero-order valence-electron chi connectivity index (χ0n) is 12.6. The van der Waals surface area contributed by atoms with E-state index in [2.05, 4.69) is 17.3 Å². The minimum Gasteiger partial charge on any atom is -0.490 e. The maximum Gasteiger partial charge on any atom is 0.161 e. The molecule has 0 atom stereocenters. The van der Waals surface area contributed by atoms with Crippen molar-refractivity contribution in [1.82, 2.24) is 10.2 Å². The van der Waals surface area contributed by atoms with Crippen LogP contribution in [0.25, 0.3) is 0 Å². The summed E-state index contributed by atoms with van der Waals surface area (Å²) in [5, 5.41) is 3.57. The van der Waals surface area contributed by atoms with Crippen LogP contribution in [0, 0.1) is 0 Å². The van der Waals surface area contributed by atoms with Gasteiger partial charge in [-0.2, -0.15) is 0 Å². The maximum atomic E-state index is 5.80. The van der Waals surface area contributed by atoms with Crippen molar-refractivity contribution in [3.05, 3.63) is 24.3 Å². The first-order chi connectivity index (χ1) is 9.79. The van der Waals surface area contributed by atoms with E-state index in [9.17, 15) is 0 Å². The highest BCUT2D eigenvalue weighted by molar-refractivity contribution is 5.39. The lowest BCUT2D eigenvalue weighted by molar-refractivity contribution is 0.222. The molecular weight excluding hydrogens is 252 g/mol. The topological polar surface area (TPSA) is 33.7 Å². The summed E-state index contributed by atoms with van der Waals surface area (Å²) in [4.78, 5) is 2.38. The SMILES string of the molecule is CCOc1ccccc1OCCNC1CCN(C)CC1. The van der Waals surface area contributed by atoms with Crippen LogP contribution in [-0.2, 0) is 0 Å². The predicted molar refractivity (Wildman–Crippen MR) is 81.6 cm³/mol. The summed E-state index contributed by atoms with van der Waals surface area (Å²) in [6.07, 6.45) is 2.46. The molecule has 2 rings (SSSR count). The van der Waals surface area contributed by atoms with Crippen molar-refractivity contribution >= 4 is 0 Å². The second-order valence-electron chi connectivity index (χ2n) is 5.26. The molecule has 1 N–H and O–H groups in total. The van der Waals surface area contributed by atoms with E-state index in [4.69, 9.17) is 9.47 Å². The maximum absolute atomic E-state index is 5.80. The summed E-state index contributed by atoms with van der Waals surface area (Å²) in [7, 11) is 2.18. The van der Waals surface area contributed by atoms with Gasteiger partial charge >= 0.3 is 0 Å². The van der Waals surface area contributed by atoms with Gasteiger partial charge in [0.1, 0.15) is 6.61 Å². The molecule has 4 nitrogen and oxygen atoms in total. The summed E-state index contributed by atoms with van der Waals surface area (Å²) >= 11 is 0. The van der Waals surface area contributed by atoms with Crippen molar-refractivity contribution in [2.24, 2.45) is 0 Å². The summed E-state index contributed by atoms with van der Waals surface area (Å²) in [6.45, 7) is 6.58. The number of benzene rings is 1. The Kier molecular flexibility index (Phi) is 6.15. The number of ether oxygens (including phenoxy) is 2. The van der Waals surface area contributed by atoms with Gasteiger partial charge in [0.2, 0.25) is 0 Å². The fourth-order valence-electron chi connectivity index (χ4n) is 2.48. The van der Waals surface area contributed by atoms with Crippen molar-refractivity contribution in [2.75, 3.05) is 39.9 Å². The van der Waals surface area contributed by atoms with Gasteiger partial charge in [0.25, 0.3) is 0 Å². The molecular formula is C16H26N2O2. The van der Waals surface area contributed by atoms with Gasteiger partial charge in [0, 0.05) is 12.6 Å². The molecule has 0 bridgehead atoms. The third-order valence-electron chi connectivity index (χ3n) is 3.66. The summed E-state index contributed by atoms with van der Waals surface area (Å²) in [6, 6.07) is 8.48. The van der Waals surface area contributed by atoms with Crippen LogP contribution in [0.15, 0.2) is 24.3 Å². The molecule has 0 saturated carbocycles. The molecule has 1 aromatic carbocycles. The van der Waals surface area contributed by atoms with E-state index in [-0.39, 0.29) is 0 Å². The Labute approximate surface area is 122 Å². The number of para-hydroxylation sites is 2. The molecule has 1 saturated heterocycles. The van der Waals surface area contributed by atoms with Crippen LogP contribution in [0.2, 0.25) is 0 Å². The first-order valence-corrected chi connectivity index (χ1v) is 7.56. The Hall–Kier alpha value is -1.26. The van der Waals surface area contributed by atoms with Crippen LogP contribution in [-0.4, -0.2) is 50.8 Å². The van der Waals surface area contributed by atoms with E-state index in [1.807, 2.05) is 31.2 Å². The summed E-state index contributed by atoms with van der Waals surface area (Å²) < 4.78 is 11.3. The highest BCUT2D eigenvalue weighted by Crippen LogP contribution is 2.26. The van der Waals surface area contributed by atoms with Crippen LogP contribution in [0.1, 0.15) is 19.8 Å². The zero-order valence-corrected chi connectivity index (χ0v) is 12.6. The van der Waals surface area contributed by atoms with Gasteiger partial charge in [0.15, 0.2) is 11.5 Å². The quantitative estimate of drug-likeness (QED) is 0.775. The van der Waals surface area contributed by atoms with Gasteiger partial charge in [-0.3, -0.25) is 0 Å². The highest BCUT2D eigenvalue weighted by atomic mass is 16.5. The molecule has 4 heteroatoms. The number of likely N-dealkylation sites (tertiary alicyclic amines) is 1. The average molecular weight is 278 g/mol. The van der Waals surface area contributed by atoms with E-state index in [1.165, 1.54) is 25.9 Å². The van der Waals surface area contributed by atoms with Crippen molar-refractivity contribution in [1.29, 1.82) is 0 Å². The second-order valence-corrected chi connectivity index (χ2v) is 5.26. The van der Waals surface area contributed by atoms with Gasteiger partial charge in [-0.15, -0.1) is 0 Å². The van der Waals surface area contributed by atoms with Crippen LogP contribution in [0.4, 0.5) is 0 Å². The molecule has 20 heavy (non-hydrogen) atoms. The first-order valence-electron chi connectivity index (χ1n) is 7.56. The van der Waals surface area contributed by atoms with Crippen LogP contribution in [0.5, 0.6) is 11.5 Å². The molecule has 1 heterocycles. The van der Waals surface area contributed by atoms with Crippen molar-refractivity contribution in [3.8, 4) is 11.5 Å². The molecule has 0 aromatic heterocycles. The lowest BCUT2D eigenvalue weighted by Crippen LogP contribution is -2.42. The van der Waals surface area contributed by atoms with E-state index in [1.54, 1.807) is 0 Å². The molecule has 0 aliphatic carbocycles. The minimum absolute atomic E-state index is 0.636. The second kappa shape index (κ2) is 8.12. The summed E-state index contributed by atoms with van der Waals surface area (Å²) in [5.41, 5.74) is 0. The number of hydrogen-bond acceptors (Lipinski definition) is 4.